The minimum absolute atomic E-state index is 0.323. The highest BCUT2D eigenvalue weighted by atomic mass is 16.5. The van der Waals surface area contributed by atoms with Crippen molar-refractivity contribution in [3.05, 3.63) is 0 Å². The molecule has 5 saturated heterocycles. The summed E-state index contributed by atoms with van der Waals surface area (Å²) in [5.74, 6) is 0. The summed E-state index contributed by atoms with van der Waals surface area (Å²) < 4.78 is 10.5. The molecule has 0 aliphatic carbocycles. The molecule has 0 aromatic heterocycles. The Bertz CT molecular complexity index is 759. The summed E-state index contributed by atoms with van der Waals surface area (Å²) in [6.07, 6.45) is 8.44. The zero-order valence-corrected chi connectivity index (χ0v) is 35.4. The van der Waals surface area contributed by atoms with Gasteiger partial charge in [0.05, 0.1) is 26.4 Å². The number of piperidine rings is 1. The minimum atomic E-state index is 0.323. The van der Waals surface area contributed by atoms with Crippen LogP contribution in [0.15, 0.2) is 0 Å². The summed E-state index contributed by atoms with van der Waals surface area (Å²) in [5, 5.41) is 0. The lowest BCUT2D eigenvalue weighted by Gasteiger charge is -2.42. The Kier molecular flexibility index (Phi) is 20.3. The second-order valence-electron chi connectivity index (χ2n) is 19.8. The lowest BCUT2D eigenvalue weighted by molar-refractivity contribution is -0.00389. The van der Waals surface area contributed by atoms with Gasteiger partial charge < -0.3 is 9.47 Å². The third kappa shape index (κ3) is 21.2. The molecule has 7 nitrogen and oxygen atoms in total. The molecule has 5 rings (SSSR count). The number of ether oxygens (including phenoxy) is 2. The van der Waals surface area contributed by atoms with Crippen molar-refractivity contribution in [1.29, 1.82) is 0 Å². The number of nitrogens with zero attached hydrogens (tertiary/aromatic N) is 5. The minimum Gasteiger partial charge on any atom is -0.379 e. The van der Waals surface area contributed by atoms with Gasteiger partial charge in [0, 0.05) is 54.9 Å². The molecule has 0 aromatic carbocycles. The van der Waals surface area contributed by atoms with E-state index < -0.39 is 0 Å². The first-order valence-corrected chi connectivity index (χ1v) is 19.9. The number of morpholine rings is 2. The van der Waals surface area contributed by atoms with E-state index in [1.807, 2.05) is 0 Å². The molecule has 5 aliphatic heterocycles. The van der Waals surface area contributed by atoms with Gasteiger partial charge in [-0.25, -0.2) is 0 Å². The van der Waals surface area contributed by atoms with Crippen LogP contribution in [-0.4, -0.2) is 145 Å². The van der Waals surface area contributed by atoms with Gasteiger partial charge >= 0.3 is 0 Å². The van der Waals surface area contributed by atoms with E-state index in [1.54, 1.807) is 0 Å². The van der Waals surface area contributed by atoms with Crippen LogP contribution in [0.5, 0.6) is 0 Å². The molecule has 0 spiro atoms. The SMILES string of the molecule is CC(C)(C)CN1CCOCC1.CC(C)(C)N1CCC1.CC(C)(C)N1CCCC1.CC(C)(C)N1CCCCC1.CC(C)(C)N1CCOCC1. The van der Waals surface area contributed by atoms with E-state index in [-0.39, 0.29) is 0 Å². The van der Waals surface area contributed by atoms with Crippen LogP contribution >= 0.6 is 0 Å². The highest BCUT2D eigenvalue weighted by molar-refractivity contribution is 4.82. The molecule has 5 fully saturated rings. The highest BCUT2D eigenvalue weighted by Crippen LogP contribution is 2.21. The van der Waals surface area contributed by atoms with Gasteiger partial charge in [-0.1, -0.05) is 27.2 Å². The quantitative estimate of drug-likeness (QED) is 0.277. The van der Waals surface area contributed by atoms with Gasteiger partial charge in [0.2, 0.25) is 0 Å². The summed E-state index contributed by atoms with van der Waals surface area (Å²) in [6, 6.07) is 0. The van der Waals surface area contributed by atoms with Crippen molar-refractivity contribution < 1.29 is 9.47 Å². The van der Waals surface area contributed by atoms with Crippen LogP contribution in [0.25, 0.3) is 0 Å². The first-order chi connectivity index (χ1) is 22.0. The number of hydrogen-bond donors (Lipinski definition) is 0. The van der Waals surface area contributed by atoms with Crippen LogP contribution in [0, 0.1) is 5.41 Å². The van der Waals surface area contributed by atoms with Crippen LogP contribution in [0.1, 0.15) is 142 Å². The highest BCUT2D eigenvalue weighted by Gasteiger charge is 2.26. The van der Waals surface area contributed by atoms with E-state index in [9.17, 15) is 0 Å². The average Bonchev–Trinajstić information content (AvgIpc) is 3.49. The smallest absolute Gasteiger partial charge is 0.0594 e. The van der Waals surface area contributed by atoms with E-state index in [4.69, 9.17) is 9.47 Å². The van der Waals surface area contributed by atoms with Crippen molar-refractivity contribution in [2.24, 2.45) is 5.41 Å². The Labute approximate surface area is 301 Å². The fourth-order valence-electron chi connectivity index (χ4n) is 6.60. The largest absolute Gasteiger partial charge is 0.379 e. The first kappa shape index (κ1) is 45.7. The Balaban J connectivity index is 0.000000301. The van der Waals surface area contributed by atoms with Crippen molar-refractivity contribution in [1.82, 2.24) is 24.5 Å². The van der Waals surface area contributed by atoms with E-state index in [1.165, 1.54) is 84.3 Å². The number of hydrogen-bond acceptors (Lipinski definition) is 7. The summed E-state index contributed by atoms with van der Waals surface area (Å²) in [7, 11) is 0. The topological polar surface area (TPSA) is 34.7 Å². The van der Waals surface area contributed by atoms with Gasteiger partial charge in [-0.05, 0) is 160 Å². The molecule has 0 saturated carbocycles. The maximum Gasteiger partial charge on any atom is 0.0594 e. The number of likely N-dealkylation sites (tertiary alicyclic amines) is 3. The Morgan fingerprint density at radius 3 is 0.833 bits per heavy atom. The molecular weight excluding hydrogens is 594 g/mol. The Hall–Kier alpha value is -0.280. The fourth-order valence-corrected chi connectivity index (χ4v) is 6.60. The molecule has 0 radical (unpaired) electrons. The molecule has 5 aliphatic rings. The van der Waals surface area contributed by atoms with Gasteiger partial charge in [-0.2, -0.15) is 0 Å². The van der Waals surface area contributed by atoms with Gasteiger partial charge in [-0.15, -0.1) is 0 Å². The summed E-state index contributed by atoms with van der Waals surface area (Å²) in [4.78, 5) is 12.6. The van der Waals surface area contributed by atoms with E-state index in [0.29, 0.717) is 27.6 Å². The molecule has 288 valence electrons. The molecule has 0 unspecified atom stereocenters. The Morgan fingerprint density at radius 2 is 0.604 bits per heavy atom. The van der Waals surface area contributed by atoms with E-state index in [0.717, 1.165) is 52.6 Å². The molecule has 0 bridgehead atoms. The van der Waals surface area contributed by atoms with Crippen LogP contribution < -0.4 is 0 Å². The predicted octanol–water partition coefficient (Wildman–Crippen LogP) is 8.12. The van der Waals surface area contributed by atoms with Gasteiger partial charge in [-0.3, -0.25) is 24.5 Å². The second-order valence-corrected chi connectivity index (χ2v) is 19.8. The summed E-state index contributed by atoms with van der Waals surface area (Å²) in [5.41, 5.74) is 2.00. The van der Waals surface area contributed by atoms with Crippen LogP contribution in [0.2, 0.25) is 0 Å². The van der Waals surface area contributed by atoms with Gasteiger partial charge in [0.15, 0.2) is 0 Å². The molecule has 5 heterocycles. The zero-order chi connectivity index (χ0) is 36.7. The number of rotatable bonds is 1. The van der Waals surface area contributed by atoms with Crippen LogP contribution in [-0.2, 0) is 9.47 Å². The van der Waals surface area contributed by atoms with Crippen molar-refractivity contribution in [3.8, 4) is 0 Å². The molecule has 7 heteroatoms. The lowest BCUT2D eigenvalue weighted by Crippen LogP contribution is -2.49. The predicted molar refractivity (Wildman–Crippen MR) is 211 cm³/mol. The summed E-state index contributed by atoms with van der Waals surface area (Å²) in [6.45, 7) is 51.2. The van der Waals surface area contributed by atoms with Crippen LogP contribution in [0.3, 0.4) is 0 Å². The molecule has 0 aromatic rings. The zero-order valence-electron chi connectivity index (χ0n) is 35.4. The first-order valence-electron chi connectivity index (χ1n) is 19.9. The fraction of sp³-hybridized carbons (Fsp3) is 1.00. The van der Waals surface area contributed by atoms with Crippen molar-refractivity contribution >= 4 is 0 Å². The van der Waals surface area contributed by atoms with E-state index >= 15 is 0 Å². The molecule has 0 N–H and O–H groups in total. The molecule has 0 atom stereocenters. The third-order valence-corrected chi connectivity index (χ3v) is 9.93. The van der Waals surface area contributed by atoms with Gasteiger partial charge in [0.1, 0.15) is 0 Å². The second kappa shape index (κ2) is 21.3. The third-order valence-electron chi connectivity index (χ3n) is 9.93. The van der Waals surface area contributed by atoms with Crippen molar-refractivity contribution in [3.63, 3.8) is 0 Å². The Morgan fingerprint density at radius 1 is 0.333 bits per heavy atom. The molecular formula is C41H87N5O2. The van der Waals surface area contributed by atoms with Crippen LogP contribution in [0.4, 0.5) is 0 Å². The lowest BCUT2D eigenvalue weighted by atomic mass is 9.96. The average molecular weight is 682 g/mol. The summed E-state index contributed by atoms with van der Waals surface area (Å²) >= 11 is 0. The monoisotopic (exact) mass is 682 g/mol. The normalized spacial score (nSPS) is 22.8. The molecule has 48 heavy (non-hydrogen) atoms. The maximum atomic E-state index is 5.27. The standard InChI is InChI=1S/C9H19NO.C9H19N.C8H17NO.C8H17N.C7H15N/c1-9(2,3)8-10-4-6-11-7-5-10;1-9(2,3)10-7-5-4-6-8-10;1-8(2,3)9-4-6-10-7-5-9;1-8(2,3)9-6-4-5-7-9;1-7(2,3)8-5-4-6-8/h4-8H2,1-3H3;4-8H2,1-3H3;4-7H2,1-3H3;4-7H2,1-3H3;4-6H2,1-3H3. The van der Waals surface area contributed by atoms with Gasteiger partial charge in [0.25, 0.3) is 0 Å². The van der Waals surface area contributed by atoms with Crippen molar-refractivity contribution in [2.45, 2.75) is 165 Å². The van der Waals surface area contributed by atoms with E-state index in [2.05, 4.69) is 128 Å². The maximum absolute atomic E-state index is 5.27. The van der Waals surface area contributed by atoms with Crippen molar-refractivity contribution in [2.75, 3.05) is 98.4 Å². The molecule has 0 amide bonds.